The maximum Gasteiger partial charge on any atom is 0.416 e. The van der Waals surface area contributed by atoms with Gasteiger partial charge < -0.3 is 5.32 Å². The quantitative estimate of drug-likeness (QED) is 0.908. The molecule has 0 saturated carbocycles. The van der Waals surface area contributed by atoms with Gasteiger partial charge in [0.15, 0.2) is 0 Å². The zero-order valence-electron chi connectivity index (χ0n) is 13.2. The lowest BCUT2D eigenvalue weighted by Crippen LogP contribution is -2.40. The van der Waals surface area contributed by atoms with Crippen LogP contribution in [0.3, 0.4) is 0 Å². The van der Waals surface area contributed by atoms with Gasteiger partial charge in [0, 0.05) is 13.1 Å². The molecule has 1 fully saturated rings. The third-order valence-electron chi connectivity index (χ3n) is 4.20. The van der Waals surface area contributed by atoms with Crippen molar-refractivity contribution in [2.24, 2.45) is 5.92 Å². The maximum atomic E-state index is 12.9. The van der Waals surface area contributed by atoms with Crippen LogP contribution in [0.5, 0.6) is 0 Å². The summed E-state index contributed by atoms with van der Waals surface area (Å²) in [6.45, 7) is 3.01. The van der Waals surface area contributed by atoms with Crippen molar-refractivity contribution in [2.75, 3.05) is 26.7 Å². The zero-order chi connectivity index (χ0) is 17.3. The second-order valence-electron chi connectivity index (χ2n) is 5.88. The Morgan fingerprint density at radius 1 is 1.26 bits per heavy atom. The molecule has 0 spiro atoms. The number of sulfonamides is 1. The molecule has 8 heteroatoms. The van der Waals surface area contributed by atoms with Gasteiger partial charge in [-0.25, -0.2) is 8.42 Å². The number of nitrogens with zero attached hydrogens (tertiary/aromatic N) is 1. The van der Waals surface area contributed by atoms with Crippen molar-refractivity contribution in [3.63, 3.8) is 0 Å². The first-order chi connectivity index (χ1) is 10.7. The fourth-order valence-electron chi connectivity index (χ4n) is 2.84. The number of nitrogens with one attached hydrogen (secondary N) is 1. The standard InChI is InChI=1S/C15H21F3N2O2S/c1-11-3-4-13(15(16,17)18)9-14(11)23(21,22)20-7-5-12(6-8-20)10-19-2/h3-4,9,12,19H,5-8,10H2,1-2H3. The molecule has 130 valence electrons. The molecule has 1 aliphatic rings. The van der Waals surface area contributed by atoms with Crippen molar-refractivity contribution >= 4 is 10.0 Å². The Kier molecular flexibility index (Phi) is 5.37. The Bertz CT molecular complexity index is 651. The summed E-state index contributed by atoms with van der Waals surface area (Å²) in [5.74, 6) is 0.397. The summed E-state index contributed by atoms with van der Waals surface area (Å²) in [6, 6.07) is 2.86. The molecule has 1 heterocycles. The van der Waals surface area contributed by atoms with Gasteiger partial charge in [0.05, 0.1) is 10.5 Å². The Morgan fingerprint density at radius 3 is 2.39 bits per heavy atom. The molecule has 0 amide bonds. The van der Waals surface area contributed by atoms with Gasteiger partial charge in [0.1, 0.15) is 0 Å². The van der Waals surface area contributed by atoms with Crippen molar-refractivity contribution in [3.8, 4) is 0 Å². The predicted molar refractivity (Wildman–Crippen MR) is 81.6 cm³/mol. The highest BCUT2D eigenvalue weighted by Crippen LogP contribution is 2.33. The Balaban J connectivity index is 2.27. The molecule has 0 unspecified atom stereocenters. The molecule has 4 nitrogen and oxygen atoms in total. The molecule has 1 N–H and O–H groups in total. The van der Waals surface area contributed by atoms with E-state index in [0.717, 1.165) is 18.7 Å². The van der Waals surface area contributed by atoms with Crippen LogP contribution in [0.25, 0.3) is 0 Å². The van der Waals surface area contributed by atoms with Crippen molar-refractivity contribution < 1.29 is 21.6 Å². The number of piperidine rings is 1. The highest BCUT2D eigenvalue weighted by Gasteiger charge is 2.35. The van der Waals surface area contributed by atoms with Gasteiger partial charge in [-0.1, -0.05) is 6.07 Å². The number of halogens is 3. The molecule has 0 bridgehead atoms. The Morgan fingerprint density at radius 2 is 1.87 bits per heavy atom. The lowest BCUT2D eigenvalue weighted by atomic mass is 9.98. The lowest BCUT2D eigenvalue weighted by Gasteiger charge is -2.31. The van der Waals surface area contributed by atoms with E-state index in [1.165, 1.54) is 17.3 Å². The Hall–Kier alpha value is -1.12. The van der Waals surface area contributed by atoms with Crippen LogP contribution in [-0.2, 0) is 16.2 Å². The van der Waals surface area contributed by atoms with Gasteiger partial charge in [-0.3, -0.25) is 0 Å². The van der Waals surface area contributed by atoms with Crippen LogP contribution in [0, 0.1) is 12.8 Å². The van der Waals surface area contributed by atoms with Gasteiger partial charge in [0.25, 0.3) is 0 Å². The predicted octanol–water partition coefficient (Wildman–Crippen LogP) is 2.63. The smallest absolute Gasteiger partial charge is 0.319 e. The van der Waals surface area contributed by atoms with Crippen LogP contribution in [0.2, 0.25) is 0 Å². The van der Waals surface area contributed by atoms with Crippen LogP contribution in [-0.4, -0.2) is 39.4 Å². The van der Waals surface area contributed by atoms with Gasteiger partial charge in [-0.2, -0.15) is 17.5 Å². The second-order valence-corrected chi connectivity index (χ2v) is 7.79. The lowest BCUT2D eigenvalue weighted by molar-refractivity contribution is -0.137. The number of rotatable bonds is 4. The van der Waals surface area contributed by atoms with Crippen LogP contribution < -0.4 is 5.32 Å². The van der Waals surface area contributed by atoms with Crippen LogP contribution in [0.1, 0.15) is 24.0 Å². The molecule has 2 rings (SSSR count). The van der Waals surface area contributed by atoms with Gasteiger partial charge in [-0.15, -0.1) is 0 Å². The third-order valence-corrected chi connectivity index (χ3v) is 6.24. The number of alkyl halides is 3. The topological polar surface area (TPSA) is 49.4 Å². The molecule has 0 aromatic heterocycles. The summed E-state index contributed by atoms with van der Waals surface area (Å²) in [5, 5.41) is 3.06. The van der Waals surface area contributed by atoms with E-state index >= 15 is 0 Å². The minimum atomic E-state index is -4.56. The number of hydrogen-bond acceptors (Lipinski definition) is 3. The molecule has 1 saturated heterocycles. The average molecular weight is 350 g/mol. The summed E-state index contributed by atoms with van der Waals surface area (Å²) >= 11 is 0. The van der Waals surface area contributed by atoms with Gasteiger partial charge >= 0.3 is 6.18 Å². The van der Waals surface area contributed by atoms with Gasteiger partial charge in [-0.05, 0) is 57.0 Å². The highest BCUT2D eigenvalue weighted by molar-refractivity contribution is 7.89. The molecule has 0 atom stereocenters. The fourth-order valence-corrected chi connectivity index (χ4v) is 4.56. The normalized spacial score (nSPS) is 18.3. The van der Waals surface area contributed by atoms with Crippen molar-refractivity contribution in [3.05, 3.63) is 29.3 Å². The summed E-state index contributed by atoms with van der Waals surface area (Å²) in [7, 11) is -2.06. The SMILES string of the molecule is CNCC1CCN(S(=O)(=O)c2cc(C(F)(F)F)ccc2C)CC1. The van der Waals surface area contributed by atoms with Crippen LogP contribution >= 0.6 is 0 Å². The first-order valence-corrected chi connectivity index (χ1v) is 8.93. The van der Waals surface area contributed by atoms with Crippen LogP contribution in [0.4, 0.5) is 13.2 Å². The number of aryl methyl sites for hydroxylation is 1. The van der Waals surface area contributed by atoms with Crippen LogP contribution in [0.15, 0.2) is 23.1 Å². The molecule has 23 heavy (non-hydrogen) atoms. The van der Waals surface area contributed by atoms with Crippen molar-refractivity contribution in [1.82, 2.24) is 9.62 Å². The van der Waals surface area contributed by atoms with E-state index in [9.17, 15) is 21.6 Å². The molecule has 1 aromatic carbocycles. The minimum absolute atomic E-state index is 0.251. The summed E-state index contributed by atoms with van der Waals surface area (Å²) in [4.78, 5) is -0.251. The van der Waals surface area contributed by atoms with E-state index in [4.69, 9.17) is 0 Å². The Labute approximate surface area is 134 Å². The summed E-state index contributed by atoms with van der Waals surface area (Å²) in [5.41, 5.74) is -0.609. The van der Waals surface area contributed by atoms with E-state index in [0.29, 0.717) is 37.4 Å². The number of benzene rings is 1. The monoisotopic (exact) mass is 350 g/mol. The first kappa shape index (κ1) is 18.2. The highest BCUT2D eigenvalue weighted by atomic mass is 32.2. The zero-order valence-corrected chi connectivity index (χ0v) is 14.0. The fraction of sp³-hybridized carbons (Fsp3) is 0.600. The van der Waals surface area contributed by atoms with Crippen molar-refractivity contribution in [1.29, 1.82) is 0 Å². The molecular formula is C15H21F3N2O2S. The first-order valence-electron chi connectivity index (χ1n) is 7.49. The maximum absolute atomic E-state index is 12.9. The second kappa shape index (κ2) is 6.78. The van der Waals surface area contributed by atoms with E-state index in [2.05, 4.69) is 5.32 Å². The largest absolute Gasteiger partial charge is 0.416 e. The average Bonchev–Trinajstić information content (AvgIpc) is 2.47. The van der Waals surface area contributed by atoms with E-state index in [1.54, 1.807) is 0 Å². The van der Waals surface area contributed by atoms with Crippen molar-refractivity contribution in [2.45, 2.75) is 30.8 Å². The molecule has 1 aliphatic heterocycles. The summed E-state index contributed by atoms with van der Waals surface area (Å²) in [6.07, 6.45) is -3.14. The number of hydrogen-bond donors (Lipinski definition) is 1. The minimum Gasteiger partial charge on any atom is -0.319 e. The van der Waals surface area contributed by atoms with E-state index < -0.39 is 21.8 Å². The summed E-state index contributed by atoms with van der Waals surface area (Å²) < 4.78 is 65.2. The molecular weight excluding hydrogens is 329 g/mol. The third kappa shape index (κ3) is 4.05. The van der Waals surface area contributed by atoms with E-state index in [1.807, 2.05) is 7.05 Å². The molecule has 0 aliphatic carbocycles. The van der Waals surface area contributed by atoms with E-state index in [-0.39, 0.29) is 4.90 Å². The molecule has 0 radical (unpaired) electrons. The van der Waals surface area contributed by atoms with Gasteiger partial charge in [0.2, 0.25) is 10.0 Å². The molecule has 1 aromatic rings.